The highest BCUT2D eigenvalue weighted by Crippen LogP contribution is 2.37. The van der Waals surface area contributed by atoms with E-state index >= 15 is 0 Å². The molecule has 3 N–H and O–H groups in total. The Morgan fingerprint density at radius 3 is 2.63 bits per heavy atom. The van der Waals surface area contributed by atoms with Gasteiger partial charge in [-0.3, -0.25) is 9.20 Å². The number of nitrogens with zero attached hydrogens (tertiary/aromatic N) is 5. The number of benzene rings is 1. The summed E-state index contributed by atoms with van der Waals surface area (Å²) in [5.74, 6) is 1.54. The van der Waals surface area contributed by atoms with Gasteiger partial charge in [0.25, 0.3) is 5.78 Å². The highest BCUT2D eigenvalue weighted by molar-refractivity contribution is 5.84. The molecule has 5 rings (SSSR count). The van der Waals surface area contributed by atoms with E-state index in [1.807, 2.05) is 18.2 Å². The molecule has 1 saturated heterocycles. The lowest BCUT2D eigenvalue weighted by molar-refractivity contribution is -0.169. The van der Waals surface area contributed by atoms with Crippen LogP contribution in [-0.2, 0) is 35.2 Å². The summed E-state index contributed by atoms with van der Waals surface area (Å²) in [5, 5.41) is 11.6. The van der Waals surface area contributed by atoms with Crippen molar-refractivity contribution in [1.29, 1.82) is 0 Å². The smallest absolute Gasteiger partial charge is 0.399 e. The fourth-order valence-corrected chi connectivity index (χ4v) is 4.64. The van der Waals surface area contributed by atoms with Gasteiger partial charge in [-0.1, -0.05) is 6.92 Å². The van der Waals surface area contributed by atoms with E-state index in [2.05, 4.69) is 20.5 Å². The van der Waals surface area contributed by atoms with E-state index in [0.717, 1.165) is 29.2 Å². The lowest BCUT2D eigenvalue weighted by Gasteiger charge is -2.39. The molecule has 2 aromatic heterocycles. The van der Waals surface area contributed by atoms with Gasteiger partial charge in [-0.25, -0.2) is 0 Å². The molecule has 1 aromatic carbocycles. The molecule has 0 spiro atoms. The Bertz CT molecular complexity index is 1320. The number of nitrogen functional groups attached to an aromatic ring is 1. The fourth-order valence-electron chi connectivity index (χ4n) is 4.64. The van der Waals surface area contributed by atoms with Crippen molar-refractivity contribution in [3.63, 3.8) is 0 Å². The lowest BCUT2D eigenvalue weighted by atomic mass is 9.87. The molecule has 0 unspecified atom stereocenters. The number of halogens is 3. The quantitative estimate of drug-likeness (QED) is 0.529. The van der Waals surface area contributed by atoms with Crippen LogP contribution in [0.15, 0.2) is 18.2 Å². The number of fused-ring (bicyclic) bond motifs is 3. The van der Waals surface area contributed by atoms with Gasteiger partial charge in [-0.2, -0.15) is 18.2 Å². The third-order valence-corrected chi connectivity index (χ3v) is 6.64. The van der Waals surface area contributed by atoms with Crippen LogP contribution in [0.2, 0.25) is 0 Å². The molecule has 3 aromatic rings. The number of hydrogen-bond donors (Lipinski definition) is 2. The number of carbonyl (C=O) groups excluding carboxylic acids is 1. The van der Waals surface area contributed by atoms with Crippen molar-refractivity contribution in [2.24, 2.45) is 5.41 Å². The third-order valence-electron chi connectivity index (χ3n) is 6.64. The van der Waals surface area contributed by atoms with Crippen molar-refractivity contribution in [3.8, 4) is 0 Å². The van der Waals surface area contributed by atoms with E-state index in [0.29, 0.717) is 49.9 Å². The molecule has 1 fully saturated rings. The van der Waals surface area contributed by atoms with Gasteiger partial charge in [0.15, 0.2) is 0 Å². The van der Waals surface area contributed by atoms with E-state index in [1.54, 1.807) is 11.8 Å². The summed E-state index contributed by atoms with van der Waals surface area (Å²) in [4.78, 5) is 19.6. The molecule has 9 nitrogen and oxygen atoms in total. The molecule has 0 radical (unpaired) electrons. The predicted molar refractivity (Wildman–Crippen MR) is 121 cm³/mol. The molecule has 12 heteroatoms. The Balaban J connectivity index is 1.52. The number of amides is 1. The minimum absolute atomic E-state index is 0.0103. The van der Waals surface area contributed by atoms with Crippen LogP contribution in [0.3, 0.4) is 0 Å². The second-order valence-electron chi connectivity index (χ2n) is 9.46. The number of anilines is 2. The van der Waals surface area contributed by atoms with Crippen molar-refractivity contribution >= 4 is 23.2 Å². The summed E-state index contributed by atoms with van der Waals surface area (Å²) in [7, 11) is 0. The molecule has 35 heavy (non-hydrogen) atoms. The topological polar surface area (TPSA) is 111 Å². The molecule has 0 bridgehead atoms. The number of aryl methyl sites for hydroxylation is 1. The van der Waals surface area contributed by atoms with Gasteiger partial charge in [0.1, 0.15) is 11.6 Å². The Hall–Kier alpha value is -3.41. The van der Waals surface area contributed by atoms with Crippen molar-refractivity contribution in [3.05, 3.63) is 46.4 Å². The summed E-state index contributed by atoms with van der Waals surface area (Å²) in [6.45, 7) is 6.99. The highest BCUT2D eigenvalue weighted by Gasteiger charge is 2.45. The van der Waals surface area contributed by atoms with Crippen LogP contribution < -0.4 is 11.1 Å². The minimum Gasteiger partial charge on any atom is -0.399 e. The largest absolute Gasteiger partial charge is 0.416 e. The number of rotatable bonds is 5. The van der Waals surface area contributed by atoms with Crippen molar-refractivity contribution in [1.82, 2.24) is 24.5 Å². The average Bonchev–Trinajstić information content (AvgIpc) is 3.40. The van der Waals surface area contributed by atoms with Gasteiger partial charge < -0.3 is 20.7 Å². The van der Waals surface area contributed by atoms with Crippen LogP contribution in [0.1, 0.15) is 55.0 Å². The zero-order valence-corrected chi connectivity index (χ0v) is 19.6. The van der Waals surface area contributed by atoms with Crippen LogP contribution in [0.4, 0.5) is 24.7 Å². The average molecular weight is 490 g/mol. The van der Waals surface area contributed by atoms with E-state index in [9.17, 15) is 18.0 Å². The summed E-state index contributed by atoms with van der Waals surface area (Å²) in [5.41, 5.74) is 6.41. The molecule has 2 aliphatic rings. The number of nitrogens with two attached hydrogens (primary N) is 1. The van der Waals surface area contributed by atoms with Gasteiger partial charge in [-0.05, 0) is 37.6 Å². The Kier molecular flexibility index (Phi) is 5.38. The molecule has 4 heterocycles. The lowest BCUT2D eigenvalue weighted by Crippen LogP contribution is -2.52. The maximum absolute atomic E-state index is 13.3. The van der Waals surface area contributed by atoms with E-state index in [1.165, 1.54) is 6.07 Å². The number of nitrogens with one attached hydrogen (secondary N) is 1. The van der Waals surface area contributed by atoms with Gasteiger partial charge in [-0.15, -0.1) is 10.2 Å². The number of ether oxygens (including phenoxy) is 1. The van der Waals surface area contributed by atoms with Gasteiger partial charge in [0, 0.05) is 17.7 Å². The van der Waals surface area contributed by atoms with E-state index in [-0.39, 0.29) is 11.6 Å². The zero-order valence-electron chi connectivity index (χ0n) is 19.6. The van der Waals surface area contributed by atoms with Crippen LogP contribution in [-0.4, -0.2) is 43.6 Å². The maximum atomic E-state index is 13.3. The second-order valence-corrected chi connectivity index (χ2v) is 9.46. The van der Waals surface area contributed by atoms with E-state index in [4.69, 9.17) is 10.5 Å². The summed E-state index contributed by atoms with van der Waals surface area (Å²) in [6.07, 6.45) is -3.88. The number of carbonyl (C=O) groups is 1. The SMILES string of the molecule is CCc1nnc2nc(N[C@H](C)c3cc(N)cc(C(F)(F)F)c3)c3c(n12)CN(C(=O)C1(C)COC1)C3. The molecular formula is C23H26F3N7O2. The Morgan fingerprint density at radius 1 is 1.26 bits per heavy atom. The maximum Gasteiger partial charge on any atom is 0.416 e. The molecule has 2 aliphatic heterocycles. The molecule has 1 amide bonds. The van der Waals surface area contributed by atoms with Crippen LogP contribution >= 0.6 is 0 Å². The summed E-state index contributed by atoms with van der Waals surface area (Å²) < 4.78 is 47.1. The Labute approximate surface area is 199 Å². The number of aromatic nitrogens is 4. The predicted octanol–water partition coefficient (Wildman–Crippen LogP) is 3.34. The summed E-state index contributed by atoms with van der Waals surface area (Å²) >= 11 is 0. The van der Waals surface area contributed by atoms with Crippen LogP contribution in [0.5, 0.6) is 0 Å². The number of alkyl halides is 3. The van der Waals surface area contributed by atoms with E-state index < -0.39 is 23.2 Å². The van der Waals surface area contributed by atoms with Gasteiger partial charge >= 0.3 is 6.18 Å². The first-order valence-electron chi connectivity index (χ1n) is 11.4. The highest BCUT2D eigenvalue weighted by atomic mass is 19.4. The first kappa shape index (κ1) is 23.3. The minimum atomic E-state index is -4.51. The molecule has 186 valence electrons. The fraction of sp³-hybridized carbons (Fsp3) is 0.478. The van der Waals surface area contributed by atoms with Gasteiger partial charge in [0.2, 0.25) is 5.91 Å². The molecule has 1 atom stereocenters. The van der Waals surface area contributed by atoms with Crippen LogP contribution in [0.25, 0.3) is 5.78 Å². The zero-order chi connectivity index (χ0) is 25.1. The molecular weight excluding hydrogens is 463 g/mol. The first-order valence-corrected chi connectivity index (χ1v) is 11.4. The monoisotopic (exact) mass is 489 g/mol. The van der Waals surface area contributed by atoms with Gasteiger partial charge in [0.05, 0.1) is 49.0 Å². The summed E-state index contributed by atoms with van der Waals surface area (Å²) in [6, 6.07) is 2.95. The normalized spacial score (nSPS) is 17.8. The standard InChI is InChI=1S/C23H26F3N7O2/c1-4-18-30-31-21-29-19(28-12(2)13-5-14(23(24,25)26)7-15(27)6-13)16-8-32(9-17(16)33(18)21)20(34)22(3)10-35-11-22/h5-7,12H,4,8-11,27H2,1-3H3,(H,28,29,31)/t12-/m1/s1. The molecule has 0 aliphatic carbocycles. The number of hydrogen-bond acceptors (Lipinski definition) is 7. The van der Waals surface area contributed by atoms with Crippen molar-refractivity contribution < 1.29 is 22.7 Å². The second kappa shape index (κ2) is 8.08. The third kappa shape index (κ3) is 3.95. The van der Waals surface area contributed by atoms with Crippen molar-refractivity contribution in [2.75, 3.05) is 24.3 Å². The molecule has 0 saturated carbocycles. The Morgan fingerprint density at radius 2 is 2.00 bits per heavy atom. The first-order chi connectivity index (χ1) is 16.5. The van der Waals surface area contributed by atoms with Crippen LogP contribution in [0, 0.1) is 5.41 Å². The van der Waals surface area contributed by atoms with Crippen molar-refractivity contribution in [2.45, 2.75) is 52.5 Å².